The van der Waals surface area contributed by atoms with Gasteiger partial charge in [0.15, 0.2) is 11.6 Å². The molecule has 2 heterocycles. The predicted molar refractivity (Wildman–Crippen MR) is 65.3 cm³/mol. The van der Waals surface area contributed by atoms with Crippen molar-refractivity contribution in [1.29, 1.82) is 0 Å². The Bertz CT molecular complexity index is 322. The molecular formula is C12H21NO6. The third-order valence-electron chi connectivity index (χ3n) is 3.63. The second kappa shape index (κ2) is 5.70. The highest BCUT2D eigenvalue weighted by molar-refractivity contribution is 4.77. The third-order valence-corrected chi connectivity index (χ3v) is 3.63. The molecular weight excluding hydrogens is 254 g/mol. The van der Waals surface area contributed by atoms with Crippen molar-refractivity contribution in [3.8, 4) is 0 Å². The van der Waals surface area contributed by atoms with Crippen LogP contribution in [-0.2, 0) is 18.9 Å². The second-order valence-corrected chi connectivity index (χ2v) is 5.34. The molecule has 7 heteroatoms. The lowest BCUT2D eigenvalue weighted by molar-refractivity contribution is -0.531. The molecule has 0 radical (unpaired) electrons. The average molecular weight is 275 g/mol. The largest absolute Gasteiger partial charge is 0.348 e. The Morgan fingerprint density at radius 2 is 1.53 bits per heavy atom. The van der Waals surface area contributed by atoms with Gasteiger partial charge >= 0.3 is 0 Å². The molecule has 0 amide bonds. The summed E-state index contributed by atoms with van der Waals surface area (Å²) in [5, 5.41) is 11.2. The van der Waals surface area contributed by atoms with Gasteiger partial charge in [0.25, 0.3) is 0 Å². The molecule has 7 nitrogen and oxygen atoms in total. The van der Waals surface area contributed by atoms with Crippen molar-refractivity contribution in [2.75, 3.05) is 26.4 Å². The normalized spacial score (nSPS) is 26.4. The van der Waals surface area contributed by atoms with E-state index in [0.29, 0.717) is 39.3 Å². The standard InChI is InChI=1S/C12H21NO6/c1-11(16-5-6-17-11)4-3-10(13(14)15)9-12(2)18-7-8-19-12/h10H,3-9H2,1-2H3. The van der Waals surface area contributed by atoms with Crippen molar-refractivity contribution < 1.29 is 23.9 Å². The Balaban J connectivity index is 1.87. The smallest absolute Gasteiger partial charge is 0.218 e. The van der Waals surface area contributed by atoms with E-state index in [2.05, 4.69) is 0 Å². The van der Waals surface area contributed by atoms with Crippen LogP contribution in [0.5, 0.6) is 0 Å². The van der Waals surface area contributed by atoms with Crippen LogP contribution >= 0.6 is 0 Å². The highest BCUT2D eigenvalue weighted by Gasteiger charge is 2.40. The summed E-state index contributed by atoms with van der Waals surface area (Å²) in [6, 6.07) is -0.715. The monoisotopic (exact) mass is 275 g/mol. The van der Waals surface area contributed by atoms with Gasteiger partial charge < -0.3 is 18.9 Å². The maximum absolute atomic E-state index is 11.2. The van der Waals surface area contributed by atoms with Crippen molar-refractivity contribution in [2.24, 2.45) is 0 Å². The Morgan fingerprint density at radius 3 is 2.00 bits per heavy atom. The number of rotatable bonds is 6. The molecule has 0 aliphatic carbocycles. The summed E-state index contributed by atoms with van der Waals surface area (Å²) < 4.78 is 21.8. The topological polar surface area (TPSA) is 80.1 Å². The Hall–Kier alpha value is -0.760. The molecule has 2 aliphatic heterocycles. The summed E-state index contributed by atoms with van der Waals surface area (Å²) in [7, 11) is 0. The number of hydrogen-bond donors (Lipinski definition) is 0. The van der Waals surface area contributed by atoms with Crippen molar-refractivity contribution in [1.82, 2.24) is 0 Å². The van der Waals surface area contributed by atoms with Crippen LogP contribution in [-0.4, -0.2) is 49.0 Å². The zero-order valence-electron chi connectivity index (χ0n) is 11.4. The fourth-order valence-corrected chi connectivity index (χ4v) is 2.51. The van der Waals surface area contributed by atoms with E-state index < -0.39 is 17.6 Å². The predicted octanol–water partition coefficient (Wildman–Crippen LogP) is 1.33. The van der Waals surface area contributed by atoms with Gasteiger partial charge in [-0.05, 0) is 13.8 Å². The molecule has 110 valence electrons. The summed E-state index contributed by atoms with van der Waals surface area (Å²) in [5.74, 6) is -1.53. The molecule has 2 saturated heterocycles. The lowest BCUT2D eigenvalue weighted by Crippen LogP contribution is -2.36. The minimum atomic E-state index is -0.837. The molecule has 0 aromatic carbocycles. The van der Waals surface area contributed by atoms with Gasteiger partial charge in [0.05, 0.1) is 32.8 Å². The van der Waals surface area contributed by atoms with Crippen LogP contribution in [0.4, 0.5) is 0 Å². The maximum atomic E-state index is 11.2. The van der Waals surface area contributed by atoms with Crippen molar-refractivity contribution in [2.45, 2.75) is 50.7 Å². The molecule has 1 unspecified atom stereocenters. The van der Waals surface area contributed by atoms with Gasteiger partial charge in [0, 0.05) is 17.8 Å². The van der Waals surface area contributed by atoms with Gasteiger partial charge in [0.1, 0.15) is 0 Å². The van der Waals surface area contributed by atoms with Crippen molar-refractivity contribution in [3.63, 3.8) is 0 Å². The maximum Gasteiger partial charge on any atom is 0.218 e. The van der Waals surface area contributed by atoms with Gasteiger partial charge in [-0.2, -0.15) is 0 Å². The van der Waals surface area contributed by atoms with Crippen LogP contribution in [0.15, 0.2) is 0 Å². The zero-order chi connectivity index (χ0) is 13.9. The molecule has 2 aliphatic rings. The van der Waals surface area contributed by atoms with Crippen LogP contribution in [0, 0.1) is 10.1 Å². The molecule has 0 aromatic heterocycles. The zero-order valence-corrected chi connectivity index (χ0v) is 11.4. The minimum absolute atomic E-state index is 0.246. The molecule has 2 fully saturated rings. The first kappa shape index (κ1) is 14.6. The Labute approximate surface area is 112 Å². The fourth-order valence-electron chi connectivity index (χ4n) is 2.51. The average Bonchev–Trinajstić information content (AvgIpc) is 2.95. The lowest BCUT2D eigenvalue weighted by atomic mass is 10.0. The number of nitro groups is 1. The van der Waals surface area contributed by atoms with Gasteiger partial charge in [-0.25, -0.2) is 0 Å². The molecule has 2 rings (SSSR count). The Kier molecular flexibility index (Phi) is 4.39. The molecule has 1 atom stereocenters. The number of hydrogen-bond acceptors (Lipinski definition) is 6. The van der Waals surface area contributed by atoms with E-state index >= 15 is 0 Å². The molecule has 0 aromatic rings. The summed E-state index contributed by atoms with van der Waals surface area (Å²) in [5.41, 5.74) is 0. The van der Waals surface area contributed by atoms with Crippen LogP contribution in [0.1, 0.15) is 33.1 Å². The fraction of sp³-hybridized carbons (Fsp3) is 1.00. The van der Waals surface area contributed by atoms with Crippen LogP contribution in [0.25, 0.3) is 0 Å². The van der Waals surface area contributed by atoms with Gasteiger partial charge in [-0.3, -0.25) is 10.1 Å². The Morgan fingerprint density at radius 1 is 1.05 bits per heavy atom. The summed E-state index contributed by atoms with van der Waals surface area (Å²) in [6.07, 6.45) is 1.12. The second-order valence-electron chi connectivity index (χ2n) is 5.34. The van der Waals surface area contributed by atoms with E-state index in [1.165, 1.54) is 0 Å². The molecule has 0 saturated carbocycles. The first-order valence-corrected chi connectivity index (χ1v) is 6.62. The van der Waals surface area contributed by atoms with Crippen molar-refractivity contribution >= 4 is 0 Å². The van der Waals surface area contributed by atoms with Gasteiger partial charge in [-0.15, -0.1) is 0 Å². The lowest BCUT2D eigenvalue weighted by Gasteiger charge is -2.26. The minimum Gasteiger partial charge on any atom is -0.348 e. The van der Waals surface area contributed by atoms with Crippen LogP contribution < -0.4 is 0 Å². The molecule has 0 spiro atoms. The third kappa shape index (κ3) is 3.85. The van der Waals surface area contributed by atoms with Crippen molar-refractivity contribution in [3.05, 3.63) is 10.1 Å². The number of nitrogens with zero attached hydrogens (tertiary/aromatic N) is 1. The van der Waals surface area contributed by atoms with E-state index in [0.717, 1.165) is 0 Å². The number of ether oxygens (including phenoxy) is 4. The first-order chi connectivity index (χ1) is 8.93. The van der Waals surface area contributed by atoms with Crippen LogP contribution in [0.3, 0.4) is 0 Å². The SMILES string of the molecule is CC1(CCC(CC2(C)OCCO2)[N+](=O)[O-])OCCO1. The van der Waals surface area contributed by atoms with E-state index in [1.54, 1.807) is 6.92 Å². The highest BCUT2D eigenvalue weighted by Crippen LogP contribution is 2.30. The quantitative estimate of drug-likeness (QED) is 0.537. The molecule has 0 N–H and O–H groups in total. The van der Waals surface area contributed by atoms with Crippen LogP contribution in [0.2, 0.25) is 0 Å². The molecule has 19 heavy (non-hydrogen) atoms. The van der Waals surface area contributed by atoms with E-state index in [9.17, 15) is 10.1 Å². The van der Waals surface area contributed by atoms with Gasteiger partial charge in [0.2, 0.25) is 6.04 Å². The van der Waals surface area contributed by atoms with Gasteiger partial charge in [-0.1, -0.05) is 0 Å². The van der Waals surface area contributed by atoms with E-state index in [4.69, 9.17) is 18.9 Å². The first-order valence-electron chi connectivity index (χ1n) is 6.62. The highest BCUT2D eigenvalue weighted by atomic mass is 16.7. The summed E-state index contributed by atoms with van der Waals surface area (Å²) in [4.78, 5) is 10.9. The molecule has 0 bridgehead atoms. The summed E-state index contributed by atoms with van der Waals surface area (Å²) >= 11 is 0. The summed E-state index contributed by atoms with van der Waals surface area (Å²) in [6.45, 7) is 5.64. The van der Waals surface area contributed by atoms with E-state index in [1.807, 2.05) is 6.92 Å². The van der Waals surface area contributed by atoms with E-state index in [-0.39, 0.29) is 11.3 Å².